The molecule has 3 rings (SSSR count). The molecule has 0 saturated carbocycles. The largest absolute Gasteiger partial charge is 0.339 e. The Bertz CT molecular complexity index is 686. The summed E-state index contributed by atoms with van der Waals surface area (Å²) in [6, 6.07) is 14.6. The number of hydrogen-bond donors (Lipinski definition) is 0. The molecule has 24 heavy (non-hydrogen) atoms. The molecule has 0 aliphatic carbocycles. The lowest BCUT2D eigenvalue weighted by molar-refractivity contribution is -0.131. The highest BCUT2D eigenvalue weighted by Gasteiger charge is 2.26. The van der Waals surface area contributed by atoms with Crippen LogP contribution < -0.4 is 0 Å². The molecule has 2 heterocycles. The van der Waals surface area contributed by atoms with E-state index in [-0.39, 0.29) is 5.91 Å². The number of pyridine rings is 1. The second-order valence-corrected chi connectivity index (χ2v) is 6.65. The van der Waals surface area contributed by atoms with Gasteiger partial charge in [-0.1, -0.05) is 36.4 Å². The Hall–Kier alpha value is -2.20. The van der Waals surface area contributed by atoms with Crippen molar-refractivity contribution in [3.8, 4) is 0 Å². The van der Waals surface area contributed by atoms with Crippen LogP contribution in [0.3, 0.4) is 0 Å². The van der Waals surface area contributed by atoms with Crippen molar-refractivity contribution in [2.75, 3.05) is 26.7 Å². The Morgan fingerprint density at radius 1 is 1.25 bits per heavy atom. The van der Waals surface area contributed by atoms with Gasteiger partial charge in [0, 0.05) is 19.8 Å². The normalized spacial score (nSPS) is 17.8. The first-order chi connectivity index (χ1) is 11.6. The second kappa shape index (κ2) is 7.58. The van der Waals surface area contributed by atoms with Crippen LogP contribution in [-0.4, -0.2) is 47.4 Å². The summed E-state index contributed by atoms with van der Waals surface area (Å²) < 4.78 is 0. The Morgan fingerprint density at radius 3 is 2.79 bits per heavy atom. The quantitative estimate of drug-likeness (QED) is 0.849. The molecule has 2 aromatic rings. The topological polar surface area (TPSA) is 36.4 Å². The molecule has 1 aromatic carbocycles. The smallest absolute Gasteiger partial charge is 0.236 e. The summed E-state index contributed by atoms with van der Waals surface area (Å²) in [6.07, 6.45) is 2.91. The molecule has 4 nitrogen and oxygen atoms in total. The van der Waals surface area contributed by atoms with E-state index in [0.29, 0.717) is 19.0 Å². The van der Waals surface area contributed by atoms with Gasteiger partial charge in [0.1, 0.15) is 0 Å². The maximum Gasteiger partial charge on any atom is 0.236 e. The van der Waals surface area contributed by atoms with E-state index in [4.69, 9.17) is 0 Å². The van der Waals surface area contributed by atoms with E-state index in [1.807, 2.05) is 32.2 Å². The molecule has 126 valence electrons. The summed E-state index contributed by atoms with van der Waals surface area (Å²) in [7, 11) is 1.86. The van der Waals surface area contributed by atoms with Gasteiger partial charge >= 0.3 is 0 Å². The number of likely N-dealkylation sites (N-methyl/N-ethyl adjacent to an activating group) is 1. The molecular weight excluding hydrogens is 298 g/mol. The number of benzene rings is 1. The molecule has 0 N–H and O–H groups in total. The van der Waals surface area contributed by atoms with Crippen LogP contribution in [0.25, 0.3) is 0 Å². The van der Waals surface area contributed by atoms with Crippen molar-refractivity contribution < 1.29 is 4.79 Å². The van der Waals surface area contributed by atoms with Gasteiger partial charge in [0.25, 0.3) is 0 Å². The number of aromatic nitrogens is 1. The Labute approximate surface area is 144 Å². The molecule has 0 bridgehead atoms. The van der Waals surface area contributed by atoms with Crippen molar-refractivity contribution in [2.24, 2.45) is 0 Å². The molecule has 1 saturated heterocycles. The number of carbonyl (C=O) groups excluding carboxylic acids is 1. The van der Waals surface area contributed by atoms with Crippen LogP contribution in [-0.2, 0) is 11.3 Å². The first kappa shape index (κ1) is 16.7. The van der Waals surface area contributed by atoms with Crippen LogP contribution in [0.15, 0.2) is 48.7 Å². The third-order valence-electron chi connectivity index (χ3n) is 4.83. The lowest BCUT2D eigenvalue weighted by atomic mass is 9.99. The zero-order valence-electron chi connectivity index (χ0n) is 14.5. The van der Waals surface area contributed by atoms with Crippen molar-refractivity contribution >= 4 is 5.91 Å². The van der Waals surface area contributed by atoms with E-state index < -0.39 is 0 Å². The van der Waals surface area contributed by atoms with Gasteiger partial charge in [0.2, 0.25) is 5.91 Å². The Balaban J connectivity index is 1.53. The zero-order chi connectivity index (χ0) is 16.9. The van der Waals surface area contributed by atoms with Crippen LogP contribution in [0.4, 0.5) is 0 Å². The lowest BCUT2D eigenvalue weighted by Crippen LogP contribution is -2.37. The van der Waals surface area contributed by atoms with E-state index in [0.717, 1.165) is 30.8 Å². The minimum Gasteiger partial charge on any atom is -0.339 e. The molecule has 0 spiro atoms. The number of rotatable bonds is 5. The highest BCUT2D eigenvalue weighted by molar-refractivity contribution is 5.78. The van der Waals surface area contributed by atoms with E-state index in [1.165, 1.54) is 5.56 Å². The molecular formula is C20H25N3O. The Kier molecular flexibility index (Phi) is 5.26. The first-order valence-electron chi connectivity index (χ1n) is 8.55. The number of likely N-dealkylation sites (tertiary alicyclic amines) is 1. The van der Waals surface area contributed by atoms with Gasteiger partial charge in [-0.25, -0.2) is 0 Å². The molecule has 1 atom stereocenters. The van der Waals surface area contributed by atoms with Crippen molar-refractivity contribution in [1.82, 2.24) is 14.8 Å². The van der Waals surface area contributed by atoms with Crippen molar-refractivity contribution in [3.05, 3.63) is 65.5 Å². The van der Waals surface area contributed by atoms with Gasteiger partial charge in [-0.05, 0) is 43.0 Å². The fourth-order valence-electron chi connectivity index (χ4n) is 3.28. The zero-order valence-corrected chi connectivity index (χ0v) is 14.5. The van der Waals surface area contributed by atoms with Crippen LogP contribution in [0.5, 0.6) is 0 Å². The molecule has 1 unspecified atom stereocenters. The number of nitrogens with zero attached hydrogens (tertiary/aromatic N) is 3. The van der Waals surface area contributed by atoms with Gasteiger partial charge in [-0.3, -0.25) is 14.7 Å². The first-order valence-corrected chi connectivity index (χ1v) is 8.55. The summed E-state index contributed by atoms with van der Waals surface area (Å²) >= 11 is 0. The predicted octanol–water partition coefficient (Wildman–Crippen LogP) is 2.84. The fraction of sp³-hybridized carbons (Fsp3) is 0.400. The molecule has 0 radical (unpaired) electrons. The predicted molar refractivity (Wildman–Crippen MR) is 95.7 cm³/mol. The van der Waals surface area contributed by atoms with Crippen LogP contribution in [0.1, 0.15) is 29.2 Å². The Morgan fingerprint density at radius 2 is 2.04 bits per heavy atom. The van der Waals surface area contributed by atoms with Crippen molar-refractivity contribution in [1.29, 1.82) is 0 Å². The van der Waals surface area contributed by atoms with Gasteiger partial charge in [-0.2, -0.15) is 0 Å². The summed E-state index contributed by atoms with van der Waals surface area (Å²) in [5.74, 6) is 0.705. The summed E-state index contributed by atoms with van der Waals surface area (Å²) in [6.45, 7) is 5.05. The third kappa shape index (κ3) is 4.01. The SMILES string of the molecule is Cc1cccnc1CN(C)C(=O)CN1CCC(c2ccccc2)C1. The number of aryl methyl sites for hydroxylation is 1. The number of amides is 1. The van der Waals surface area contributed by atoms with E-state index in [2.05, 4.69) is 34.1 Å². The standard InChI is InChI=1S/C20H25N3O/c1-16-7-6-11-21-19(16)14-22(2)20(24)15-23-12-10-18(13-23)17-8-4-3-5-9-17/h3-9,11,18H,10,12-15H2,1-2H3. The monoisotopic (exact) mass is 323 g/mol. The molecule has 1 fully saturated rings. The maximum atomic E-state index is 12.5. The highest BCUT2D eigenvalue weighted by atomic mass is 16.2. The average Bonchev–Trinajstić information content (AvgIpc) is 3.06. The van der Waals surface area contributed by atoms with Crippen LogP contribution >= 0.6 is 0 Å². The summed E-state index contributed by atoms with van der Waals surface area (Å²) in [5.41, 5.74) is 3.48. The number of carbonyl (C=O) groups is 1. The van der Waals surface area contributed by atoms with Crippen LogP contribution in [0, 0.1) is 6.92 Å². The molecule has 1 aromatic heterocycles. The average molecular weight is 323 g/mol. The minimum absolute atomic E-state index is 0.161. The summed E-state index contributed by atoms with van der Waals surface area (Å²) in [5, 5.41) is 0. The fourth-order valence-corrected chi connectivity index (χ4v) is 3.28. The molecule has 4 heteroatoms. The molecule has 1 amide bonds. The maximum absolute atomic E-state index is 12.5. The minimum atomic E-state index is 0.161. The van der Waals surface area contributed by atoms with Crippen molar-refractivity contribution in [2.45, 2.75) is 25.8 Å². The van der Waals surface area contributed by atoms with Crippen molar-refractivity contribution in [3.63, 3.8) is 0 Å². The highest BCUT2D eigenvalue weighted by Crippen LogP contribution is 2.26. The lowest BCUT2D eigenvalue weighted by Gasteiger charge is -2.22. The van der Waals surface area contributed by atoms with E-state index in [1.54, 1.807) is 11.1 Å². The van der Waals surface area contributed by atoms with E-state index in [9.17, 15) is 4.79 Å². The number of hydrogen-bond acceptors (Lipinski definition) is 3. The van der Waals surface area contributed by atoms with Crippen LogP contribution in [0.2, 0.25) is 0 Å². The van der Waals surface area contributed by atoms with E-state index >= 15 is 0 Å². The molecule has 1 aliphatic rings. The third-order valence-corrected chi connectivity index (χ3v) is 4.83. The van der Waals surface area contributed by atoms with Gasteiger partial charge in [-0.15, -0.1) is 0 Å². The van der Waals surface area contributed by atoms with Gasteiger partial charge < -0.3 is 4.90 Å². The summed E-state index contributed by atoms with van der Waals surface area (Å²) in [4.78, 5) is 20.9. The molecule has 1 aliphatic heterocycles. The second-order valence-electron chi connectivity index (χ2n) is 6.65. The van der Waals surface area contributed by atoms with Gasteiger partial charge in [0.15, 0.2) is 0 Å². The van der Waals surface area contributed by atoms with Gasteiger partial charge in [0.05, 0.1) is 18.8 Å².